The van der Waals surface area contributed by atoms with Gasteiger partial charge < -0.3 is 4.74 Å². The lowest BCUT2D eigenvalue weighted by atomic mass is 9.70. The minimum Gasteiger partial charge on any atom is -0.463 e. The molecule has 4 atom stereocenters. The summed E-state index contributed by atoms with van der Waals surface area (Å²) < 4.78 is 5.07. The van der Waals surface area contributed by atoms with Crippen molar-refractivity contribution in [1.29, 1.82) is 0 Å². The number of ether oxygens (including phenoxy) is 1. The Balaban J connectivity index is 1.90. The van der Waals surface area contributed by atoms with Crippen LogP contribution in [0.15, 0.2) is 42.5 Å². The maximum Gasteiger partial charge on any atom is 0.330 e. The highest BCUT2D eigenvalue weighted by molar-refractivity contribution is 5.81. The molecule has 0 aliphatic heterocycles. The van der Waals surface area contributed by atoms with Gasteiger partial charge in [0, 0.05) is 6.08 Å². The average Bonchev–Trinajstić information content (AvgIpc) is 3.04. The molecule has 0 bridgehead atoms. The van der Waals surface area contributed by atoms with E-state index in [2.05, 4.69) is 50.3 Å². The number of hydrogen-bond acceptors (Lipinski definition) is 2. The molecule has 0 amide bonds. The first-order chi connectivity index (χ1) is 11.1. The summed E-state index contributed by atoms with van der Waals surface area (Å²) in [5, 5.41) is 0. The van der Waals surface area contributed by atoms with Crippen LogP contribution in [0.25, 0.3) is 0 Å². The van der Waals surface area contributed by atoms with Crippen LogP contribution in [-0.2, 0) is 9.53 Å². The van der Waals surface area contributed by atoms with E-state index in [1.807, 2.05) is 6.92 Å². The molecule has 0 spiro atoms. The smallest absolute Gasteiger partial charge is 0.330 e. The number of hydrogen-bond donors (Lipinski definition) is 0. The fourth-order valence-electron chi connectivity index (χ4n) is 5.29. The third-order valence-corrected chi connectivity index (χ3v) is 6.06. The second-order valence-corrected chi connectivity index (χ2v) is 7.61. The van der Waals surface area contributed by atoms with Crippen LogP contribution in [0, 0.1) is 23.2 Å². The number of carbonyl (C=O) groups is 1. The topological polar surface area (TPSA) is 26.3 Å². The second-order valence-electron chi connectivity index (χ2n) is 7.61. The summed E-state index contributed by atoms with van der Waals surface area (Å²) in [6.45, 7) is 7.05. The van der Waals surface area contributed by atoms with Gasteiger partial charge in [0.15, 0.2) is 0 Å². The van der Waals surface area contributed by atoms with Crippen molar-refractivity contribution in [2.24, 2.45) is 23.2 Å². The first kappa shape index (κ1) is 16.3. The minimum absolute atomic E-state index is 0.167. The maximum absolute atomic E-state index is 11.7. The number of benzene rings is 1. The SMILES string of the molecule is CCOC(=O)/C=C/C1C2CCCC2C(c2ccccc2)C1(C)C. The standard InChI is InChI=1S/C21H28O2/c1-4-23-19(22)14-13-18-16-11-8-12-17(16)20(21(18,2)3)15-9-6-5-7-10-15/h5-7,9-10,13-14,16-18,20H,4,8,11-12H2,1-3H3/b14-13+. The Morgan fingerprint density at radius 1 is 1.22 bits per heavy atom. The molecule has 0 saturated heterocycles. The second kappa shape index (κ2) is 6.51. The number of carbonyl (C=O) groups excluding carboxylic acids is 1. The Hall–Kier alpha value is -1.57. The first-order valence-electron chi connectivity index (χ1n) is 8.95. The van der Waals surface area contributed by atoms with Gasteiger partial charge in [0.25, 0.3) is 0 Å². The molecule has 2 aliphatic carbocycles. The molecular weight excluding hydrogens is 284 g/mol. The van der Waals surface area contributed by atoms with Gasteiger partial charge in [-0.3, -0.25) is 0 Å². The van der Waals surface area contributed by atoms with E-state index in [0.717, 1.165) is 5.92 Å². The van der Waals surface area contributed by atoms with E-state index in [1.165, 1.54) is 24.8 Å². The van der Waals surface area contributed by atoms with Crippen molar-refractivity contribution >= 4 is 5.97 Å². The normalized spacial score (nSPS) is 32.1. The Morgan fingerprint density at radius 2 is 1.91 bits per heavy atom. The highest BCUT2D eigenvalue weighted by Crippen LogP contribution is 2.64. The molecule has 1 aromatic rings. The molecule has 0 N–H and O–H groups in total. The lowest BCUT2D eigenvalue weighted by Crippen LogP contribution is -2.25. The highest BCUT2D eigenvalue weighted by atomic mass is 16.5. The van der Waals surface area contributed by atoms with Gasteiger partial charge in [0.2, 0.25) is 0 Å². The molecule has 4 unspecified atom stereocenters. The van der Waals surface area contributed by atoms with Gasteiger partial charge in [-0.05, 0) is 54.4 Å². The number of esters is 1. The summed E-state index contributed by atoms with van der Waals surface area (Å²) >= 11 is 0. The van der Waals surface area contributed by atoms with Crippen molar-refractivity contribution in [2.75, 3.05) is 6.61 Å². The first-order valence-corrected chi connectivity index (χ1v) is 8.95. The molecule has 0 aromatic heterocycles. The molecule has 124 valence electrons. The molecule has 0 heterocycles. The molecule has 2 aliphatic rings. The Bertz CT molecular complexity index is 573. The van der Waals surface area contributed by atoms with Gasteiger partial charge in [0.1, 0.15) is 0 Å². The van der Waals surface area contributed by atoms with Gasteiger partial charge in [-0.15, -0.1) is 0 Å². The molecule has 2 nitrogen and oxygen atoms in total. The zero-order chi connectivity index (χ0) is 16.4. The molecule has 2 saturated carbocycles. The summed E-state index contributed by atoms with van der Waals surface area (Å²) in [7, 11) is 0. The lowest BCUT2D eigenvalue weighted by Gasteiger charge is -2.34. The van der Waals surface area contributed by atoms with Crippen molar-refractivity contribution in [1.82, 2.24) is 0 Å². The van der Waals surface area contributed by atoms with Crippen LogP contribution in [-0.4, -0.2) is 12.6 Å². The molecule has 2 heteroatoms. The van der Waals surface area contributed by atoms with Crippen LogP contribution in [0.1, 0.15) is 51.5 Å². The fraction of sp³-hybridized carbons (Fsp3) is 0.571. The molecule has 1 aromatic carbocycles. The van der Waals surface area contributed by atoms with Gasteiger partial charge in [0.05, 0.1) is 6.61 Å². The predicted octanol–water partition coefficient (Wildman–Crippen LogP) is 4.96. The molecule has 3 rings (SSSR count). The predicted molar refractivity (Wildman–Crippen MR) is 93.1 cm³/mol. The van der Waals surface area contributed by atoms with Crippen molar-refractivity contribution in [3.63, 3.8) is 0 Å². The summed E-state index contributed by atoms with van der Waals surface area (Å²) in [4.78, 5) is 11.7. The van der Waals surface area contributed by atoms with Crippen LogP contribution in [0.2, 0.25) is 0 Å². The minimum atomic E-state index is -0.207. The number of rotatable bonds is 4. The van der Waals surface area contributed by atoms with E-state index in [0.29, 0.717) is 24.4 Å². The zero-order valence-corrected chi connectivity index (χ0v) is 14.5. The van der Waals surface area contributed by atoms with Gasteiger partial charge >= 0.3 is 5.97 Å². The Morgan fingerprint density at radius 3 is 2.61 bits per heavy atom. The van der Waals surface area contributed by atoms with Crippen LogP contribution in [0.4, 0.5) is 0 Å². The maximum atomic E-state index is 11.7. The fourth-order valence-corrected chi connectivity index (χ4v) is 5.29. The van der Waals surface area contributed by atoms with E-state index in [1.54, 1.807) is 6.08 Å². The summed E-state index contributed by atoms with van der Waals surface area (Å²) in [6, 6.07) is 10.9. The lowest BCUT2D eigenvalue weighted by molar-refractivity contribution is -0.137. The van der Waals surface area contributed by atoms with Crippen molar-refractivity contribution in [2.45, 2.75) is 46.0 Å². The largest absolute Gasteiger partial charge is 0.463 e. The van der Waals surface area contributed by atoms with E-state index < -0.39 is 0 Å². The molecule has 2 fully saturated rings. The third-order valence-electron chi connectivity index (χ3n) is 6.06. The molecule has 0 radical (unpaired) electrons. The van der Waals surface area contributed by atoms with Crippen LogP contribution in [0.5, 0.6) is 0 Å². The molecule has 23 heavy (non-hydrogen) atoms. The van der Waals surface area contributed by atoms with Crippen molar-refractivity contribution in [3.05, 3.63) is 48.0 Å². The van der Waals surface area contributed by atoms with E-state index in [9.17, 15) is 4.79 Å². The van der Waals surface area contributed by atoms with E-state index in [4.69, 9.17) is 4.74 Å². The van der Waals surface area contributed by atoms with E-state index in [-0.39, 0.29) is 11.4 Å². The summed E-state index contributed by atoms with van der Waals surface area (Å²) in [5.41, 5.74) is 1.63. The van der Waals surface area contributed by atoms with Crippen LogP contribution < -0.4 is 0 Å². The summed E-state index contributed by atoms with van der Waals surface area (Å²) in [6.07, 6.45) is 7.73. The zero-order valence-electron chi connectivity index (χ0n) is 14.5. The van der Waals surface area contributed by atoms with Crippen LogP contribution >= 0.6 is 0 Å². The Labute approximate surface area is 139 Å². The Kier molecular flexibility index (Phi) is 4.61. The van der Waals surface area contributed by atoms with Gasteiger partial charge in [-0.2, -0.15) is 0 Å². The molecular formula is C21H28O2. The summed E-state index contributed by atoms with van der Waals surface area (Å²) in [5.74, 6) is 2.25. The van der Waals surface area contributed by atoms with Crippen molar-refractivity contribution < 1.29 is 9.53 Å². The monoisotopic (exact) mass is 312 g/mol. The quantitative estimate of drug-likeness (QED) is 0.580. The van der Waals surface area contributed by atoms with E-state index >= 15 is 0 Å². The highest BCUT2D eigenvalue weighted by Gasteiger charge is 2.55. The van der Waals surface area contributed by atoms with Crippen LogP contribution in [0.3, 0.4) is 0 Å². The van der Waals surface area contributed by atoms with Gasteiger partial charge in [-0.1, -0.05) is 56.7 Å². The number of fused-ring (bicyclic) bond motifs is 1. The van der Waals surface area contributed by atoms with Gasteiger partial charge in [-0.25, -0.2) is 4.79 Å². The van der Waals surface area contributed by atoms with Crippen molar-refractivity contribution in [3.8, 4) is 0 Å². The third kappa shape index (κ3) is 2.96. The average molecular weight is 312 g/mol. The number of allylic oxidation sites excluding steroid dienone is 1.